The van der Waals surface area contributed by atoms with Gasteiger partial charge in [0.2, 0.25) is 0 Å². The Hall–Kier alpha value is -0.900. The average Bonchev–Trinajstić information content (AvgIpc) is 3.04. The molecule has 1 aromatic carbocycles. The number of rotatable bonds is 5. The first-order chi connectivity index (χ1) is 10.2. The van der Waals surface area contributed by atoms with Crippen molar-refractivity contribution in [2.75, 3.05) is 26.7 Å². The predicted molar refractivity (Wildman–Crippen MR) is 86.3 cm³/mol. The summed E-state index contributed by atoms with van der Waals surface area (Å²) in [7, 11) is 2.06. The highest BCUT2D eigenvalue weighted by molar-refractivity contribution is 5.28. The van der Waals surface area contributed by atoms with Crippen molar-refractivity contribution in [2.45, 2.75) is 38.3 Å². The molecule has 0 radical (unpaired) electrons. The van der Waals surface area contributed by atoms with Crippen LogP contribution < -0.4 is 5.32 Å². The molecule has 4 unspecified atom stereocenters. The lowest BCUT2D eigenvalue weighted by Crippen LogP contribution is -2.29. The molecule has 116 valence electrons. The van der Waals surface area contributed by atoms with Crippen LogP contribution in [0.2, 0.25) is 0 Å². The first kappa shape index (κ1) is 15.0. The molecule has 3 nitrogen and oxygen atoms in total. The van der Waals surface area contributed by atoms with Crippen molar-refractivity contribution in [1.82, 2.24) is 10.2 Å². The summed E-state index contributed by atoms with van der Waals surface area (Å²) in [6.45, 7) is 5.60. The number of benzene rings is 1. The third kappa shape index (κ3) is 3.15. The molecule has 2 N–H and O–H groups in total. The highest BCUT2D eigenvalue weighted by Crippen LogP contribution is 2.38. The molecule has 21 heavy (non-hydrogen) atoms. The largest absolute Gasteiger partial charge is 0.393 e. The van der Waals surface area contributed by atoms with Crippen LogP contribution in [0.1, 0.15) is 36.4 Å². The summed E-state index contributed by atoms with van der Waals surface area (Å²) in [5.41, 5.74) is 2.78. The molecule has 1 saturated carbocycles. The van der Waals surface area contributed by atoms with Gasteiger partial charge in [0.1, 0.15) is 0 Å². The summed E-state index contributed by atoms with van der Waals surface area (Å²) in [6, 6.07) is 9.09. The fourth-order valence-electron chi connectivity index (χ4n) is 4.26. The smallest absolute Gasteiger partial charge is 0.0583 e. The minimum absolute atomic E-state index is 0.0449. The van der Waals surface area contributed by atoms with Crippen LogP contribution >= 0.6 is 0 Å². The van der Waals surface area contributed by atoms with E-state index in [1.807, 2.05) is 0 Å². The standard InChI is InChI=1S/C18H28N2O/c1-13-5-3-4-6-15(13)17(19-2)9-10-20-11-14-7-8-18(21)16(14)12-20/h3-6,14,16-19,21H,7-12H2,1-2H3. The van der Waals surface area contributed by atoms with Crippen LogP contribution in [-0.4, -0.2) is 42.8 Å². The van der Waals surface area contributed by atoms with Crippen molar-refractivity contribution in [2.24, 2.45) is 11.8 Å². The lowest BCUT2D eigenvalue weighted by Gasteiger charge is -2.23. The van der Waals surface area contributed by atoms with E-state index in [1.54, 1.807) is 0 Å². The molecule has 3 rings (SSSR count). The fraction of sp³-hybridized carbons (Fsp3) is 0.667. The highest BCUT2D eigenvalue weighted by atomic mass is 16.3. The first-order valence-electron chi connectivity index (χ1n) is 8.32. The van der Waals surface area contributed by atoms with Crippen LogP contribution in [0.15, 0.2) is 24.3 Å². The van der Waals surface area contributed by atoms with Crippen LogP contribution in [0.4, 0.5) is 0 Å². The minimum Gasteiger partial charge on any atom is -0.393 e. The fourth-order valence-corrected chi connectivity index (χ4v) is 4.26. The molecule has 3 heteroatoms. The van der Waals surface area contributed by atoms with Crippen molar-refractivity contribution in [3.63, 3.8) is 0 Å². The Morgan fingerprint density at radius 2 is 2.10 bits per heavy atom. The first-order valence-corrected chi connectivity index (χ1v) is 8.32. The summed E-state index contributed by atoms with van der Waals surface area (Å²) in [6.07, 6.45) is 3.33. The van der Waals surface area contributed by atoms with Gasteiger partial charge in [0.15, 0.2) is 0 Å². The number of aliphatic hydroxyl groups excluding tert-OH is 1. The molecule has 1 aromatic rings. The van der Waals surface area contributed by atoms with Gasteiger partial charge in [-0.15, -0.1) is 0 Å². The maximum Gasteiger partial charge on any atom is 0.0583 e. The molecule has 0 bridgehead atoms. The Bertz CT molecular complexity index is 476. The lowest BCUT2D eigenvalue weighted by molar-refractivity contribution is 0.124. The minimum atomic E-state index is -0.0449. The van der Waals surface area contributed by atoms with E-state index in [2.05, 4.69) is 48.5 Å². The van der Waals surface area contributed by atoms with E-state index >= 15 is 0 Å². The van der Waals surface area contributed by atoms with Crippen molar-refractivity contribution >= 4 is 0 Å². The van der Waals surface area contributed by atoms with Gasteiger partial charge in [0.25, 0.3) is 0 Å². The highest BCUT2D eigenvalue weighted by Gasteiger charge is 2.41. The van der Waals surface area contributed by atoms with Crippen molar-refractivity contribution < 1.29 is 5.11 Å². The SMILES string of the molecule is CNC(CCN1CC2CCC(O)C2C1)c1ccccc1C. The molecule has 1 aliphatic heterocycles. The summed E-state index contributed by atoms with van der Waals surface area (Å²) in [5.74, 6) is 1.28. The van der Waals surface area contributed by atoms with Crippen LogP contribution in [0.25, 0.3) is 0 Å². The van der Waals surface area contributed by atoms with E-state index in [0.29, 0.717) is 12.0 Å². The lowest BCUT2D eigenvalue weighted by atomic mass is 9.99. The Kier molecular flexibility index (Phi) is 4.63. The molecule has 1 aliphatic carbocycles. The van der Waals surface area contributed by atoms with Gasteiger partial charge in [-0.25, -0.2) is 0 Å². The van der Waals surface area contributed by atoms with Gasteiger partial charge in [-0.3, -0.25) is 0 Å². The van der Waals surface area contributed by atoms with Crippen LogP contribution in [0.3, 0.4) is 0 Å². The Balaban J connectivity index is 1.56. The summed E-state index contributed by atoms with van der Waals surface area (Å²) < 4.78 is 0. The molecule has 0 aromatic heterocycles. The molecule has 1 saturated heterocycles. The summed E-state index contributed by atoms with van der Waals surface area (Å²) >= 11 is 0. The molecule has 4 atom stereocenters. The van der Waals surface area contributed by atoms with Gasteiger partial charge in [0, 0.05) is 25.0 Å². The van der Waals surface area contributed by atoms with Gasteiger partial charge in [-0.05, 0) is 56.8 Å². The number of fused-ring (bicyclic) bond motifs is 1. The molecule has 2 fully saturated rings. The zero-order valence-electron chi connectivity index (χ0n) is 13.3. The van der Waals surface area contributed by atoms with Crippen LogP contribution in [0.5, 0.6) is 0 Å². The van der Waals surface area contributed by atoms with Gasteiger partial charge in [-0.2, -0.15) is 0 Å². The monoisotopic (exact) mass is 288 g/mol. The molecule has 0 spiro atoms. The van der Waals surface area contributed by atoms with E-state index in [4.69, 9.17) is 0 Å². The summed E-state index contributed by atoms with van der Waals surface area (Å²) in [4.78, 5) is 2.56. The number of nitrogens with zero attached hydrogens (tertiary/aromatic N) is 1. The molecule has 0 amide bonds. The Labute approximate surface area is 128 Å². The zero-order chi connectivity index (χ0) is 14.8. The van der Waals surface area contributed by atoms with Gasteiger partial charge < -0.3 is 15.3 Å². The molecule has 2 aliphatic rings. The van der Waals surface area contributed by atoms with Gasteiger partial charge in [-0.1, -0.05) is 24.3 Å². The van der Waals surface area contributed by atoms with E-state index in [-0.39, 0.29) is 6.10 Å². The topological polar surface area (TPSA) is 35.5 Å². The third-order valence-electron chi connectivity index (χ3n) is 5.54. The Morgan fingerprint density at radius 1 is 1.29 bits per heavy atom. The van der Waals surface area contributed by atoms with Crippen molar-refractivity contribution in [1.29, 1.82) is 0 Å². The van der Waals surface area contributed by atoms with E-state index in [9.17, 15) is 5.11 Å². The quantitative estimate of drug-likeness (QED) is 0.873. The van der Waals surface area contributed by atoms with Crippen molar-refractivity contribution in [3.8, 4) is 0 Å². The maximum absolute atomic E-state index is 10.0. The van der Waals surface area contributed by atoms with Crippen LogP contribution in [0, 0.1) is 18.8 Å². The second kappa shape index (κ2) is 6.47. The van der Waals surface area contributed by atoms with Crippen LogP contribution in [-0.2, 0) is 0 Å². The molecule has 1 heterocycles. The van der Waals surface area contributed by atoms with E-state index in [1.165, 1.54) is 24.1 Å². The number of nitrogens with one attached hydrogen (secondary N) is 1. The normalized spacial score (nSPS) is 30.5. The molecular weight excluding hydrogens is 260 g/mol. The number of aliphatic hydroxyl groups is 1. The summed E-state index contributed by atoms with van der Waals surface area (Å²) in [5, 5.41) is 13.5. The zero-order valence-corrected chi connectivity index (χ0v) is 13.3. The van der Waals surface area contributed by atoms with Gasteiger partial charge in [0.05, 0.1) is 6.10 Å². The predicted octanol–water partition coefficient (Wildman–Crippen LogP) is 2.35. The number of hydrogen-bond donors (Lipinski definition) is 2. The number of aryl methyl sites for hydroxylation is 1. The van der Waals surface area contributed by atoms with Gasteiger partial charge >= 0.3 is 0 Å². The average molecular weight is 288 g/mol. The molecular formula is C18H28N2O. The van der Waals surface area contributed by atoms with E-state index < -0.39 is 0 Å². The Morgan fingerprint density at radius 3 is 2.81 bits per heavy atom. The van der Waals surface area contributed by atoms with E-state index in [0.717, 1.165) is 31.8 Å². The maximum atomic E-state index is 10.0. The van der Waals surface area contributed by atoms with Crippen molar-refractivity contribution in [3.05, 3.63) is 35.4 Å². The third-order valence-corrected chi connectivity index (χ3v) is 5.54. The number of likely N-dealkylation sites (tertiary alicyclic amines) is 1. The number of hydrogen-bond acceptors (Lipinski definition) is 3. The second-order valence-corrected chi connectivity index (χ2v) is 6.81. The second-order valence-electron chi connectivity index (χ2n) is 6.81.